The number of hydrogen-bond acceptors (Lipinski definition) is 3. The van der Waals surface area contributed by atoms with Gasteiger partial charge in [-0.3, -0.25) is 9.69 Å². The lowest BCUT2D eigenvalue weighted by molar-refractivity contribution is -0.123. The maximum absolute atomic E-state index is 11.2. The maximum atomic E-state index is 11.2. The molecule has 1 amide bonds. The van der Waals surface area contributed by atoms with E-state index in [0.717, 1.165) is 37.9 Å². The van der Waals surface area contributed by atoms with Crippen LogP contribution in [0.1, 0.15) is 20.3 Å². The molecule has 2 aliphatic rings. The van der Waals surface area contributed by atoms with Crippen molar-refractivity contribution in [3.63, 3.8) is 0 Å². The predicted octanol–water partition coefficient (Wildman–Crippen LogP) is -0.210. The molecule has 15 heavy (non-hydrogen) atoms. The Morgan fingerprint density at radius 2 is 2.33 bits per heavy atom. The smallest absolute Gasteiger partial charge is 0.234 e. The number of carbonyl (C=O) groups excluding carboxylic acids is 1. The van der Waals surface area contributed by atoms with Crippen LogP contribution in [0.3, 0.4) is 0 Å². The standard InChI is InChI=1S/C11H21N3O/c1-3-10-9-5-13-4-8(9)6-14(10)7(2)11(12)15/h7-10,13H,3-6H2,1-2H3,(H2,12,15). The van der Waals surface area contributed by atoms with Crippen molar-refractivity contribution < 1.29 is 4.79 Å². The number of carbonyl (C=O) groups is 1. The summed E-state index contributed by atoms with van der Waals surface area (Å²) in [6.45, 7) is 7.36. The van der Waals surface area contributed by atoms with Crippen molar-refractivity contribution in [1.82, 2.24) is 10.2 Å². The Kier molecular flexibility index (Phi) is 2.98. The lowest BCUT2D eigenvalue weighted by Gasteiger charge is -2.30. The third-order valence-electron chi connectivity index (χ3n) is 4.09. The second-order valence-corrected chi connectivity index (χ2v) is 4.83. The molecule has 0 aromatic carbocycles. The van der Waals surface area contributed by atoms with Crippen molar-refractivity contribution in [2.45, 2.75) is 32.4 Å². The summed E-state index contributed by atoms with van der Waals surface area (Å²) in [6, 6.07) is 0.424. The van der Waals surface area contributed by atoms with E-state index in [0.29, 0.717) is 6.04 Å². The highest BCUT2D eigenvalue weighted by Crippen LogP contribution is 2.35. The average molecular weight is 211 g/mol. The molecule has 2 saturated heterocycles. The minimum Gasteiger partial charge on any atom is -0.368 e. The van der Waals surface area contributed by atoms with Crippen LogP contribution in [0.2, 0.25) is 0 Å². The van der Waals surface area contributed by atoms with Crippen LogP contribution >= 0.6 is 0 Å². The summed E-state index contributed by atoms with van der Waals surface area (Å²) in [5.74, 6) is 1.25. The normalized spacial score (nSPS) is 37.9. The number of hydrogen-bond donors (Lipinski definition) is 2. The zero-order valence-electron chi connectivity index (χ0n) is 9.57. The Balaban J connectivity index is 2.10. The zero-order valence-corrected chi connectivity index (χ0v) is 9.57. The summed E-state index contributed by atoms with van der Waals surface area (Å²) >= 11 is 0. The molecule has 4 unspecified atom stereocenters. The highest BCUT2D eigenvalue weighted by atomic mass is 16.1. The molecular weight excluding hydrogens is 190 g/mol. The zero-order chi connectivity index (χ0) is 11.0. The lowest BCUT2D eigenvalue weighted by Crippen LogP contribution is -2.47. The summed E-state index contributed by atoms with van der Waals surface area (Å²) in [6.07, 6.45) is 1.11. The van der Waals surface area contributed by atoms with Crippen LogP contribution in [0, 0.1) is 11.8 Å². The molecule has 2 fully saturated rings. The van der Waals surface area contributed by atoms with Gasteiger partial charge in [0.25, 0.3) is 0 Å². The largest absolute Gasteiger partial charge is 0.368 e. The van der Waals surface area contributed by atoms with Gasteiger partial charge in [-0.2, -0.15) is 0 Å². The Hall–Kier alpha value is -0.610. The number of nitrogens with two attached hydrogens (primary N) is 1. The molecule has 0 saturated carbocycles. The summed E-state index contributed by atoms with van der Waals surface area (Å²) in [4.78, 5) is 13.5. The molecule has 0 bridgehead atoms. The van der Waals surface area contributed by atoms with Crippen molar-refractivity contribution in [3.8, 4) is 0 Å². The summed E-state index contributed by atoms with van der Waals surface area (Å²) < 4.78 is 0. The van der Waals surface area contributed by atoms with E-state index in [1.165, 1.54) is 0 Å². The second kappa shape index (κ2) is 4.10. The summed E-state index contributed by atoms with van der Waals surface area (Å²) in [5.41, 5.74) is 5.39. The SMILES string of the molecule is CCC1C2CNCC2CN1C(C)C(N)=O. The number of rotatable bonds is 3. The van der Waals surface area contributed by atoms with Crippen molar-refractivity contribution in [1.29, 1.82) is 0 Å². The molecule has 2 rings (SSSR count). The fourth-order valence-electron chi connectivity index (χ4n) is 3.20. The number of primary amides is 1. The number of nitrogens with one attached hydrogen (secondary N) is 1. The van der Waals surface area contributed by atoms with Crippen LogP contribution in [-0.4, -0.2) is 42.5 Å². The Morgan fingerprint density at radius 1 is 1.60 bits per heavy atom. The molecule has 0 aliphatic carbocycles. The monoisotopic (exact) mass is 211 g/mol. The Bertz CT molecular complexity index is 256. The van der Waals surface area contributed by atoms with E-state index < -0.39 is 0 Å². The van der Waals surface area contributed by atoms with Gasteiger partial charge in [0.2, 0.25) is 5.91 Å². The molecule has 86 valence electrons. The Morgan fingerprint density at radius 3 is 2.93 bits per heavy atom. The van der Waals surface area contributed by atoms with Gasteiger partial charge in [-0.25, -0.2) is 0 Å². The third kappa shape index (κ3) is 1.76. The van der Waals surface area contributed by atoms with Gasteiger partial charge in [-0.15, -0.1) is 0 Å². The van der Waals surface area contributed by atoms with Gasteiger partial charge in [-0.1, -0.05) is 6.92 Å². The second-order valence-electron chi connectivity index (χ2n) is 4.83. The van der Waals surface area contributed by atoms with E-state index in [1.54, 1.807) is 0 Å². The first kappa shape index (κ1) is 10.9. The van der Waals surface area contributed by atoms with E-state index in [-0.39, 0.29) is 11.9 Å². The van der Waals surface area contributed by atoms with Crippen LogP contribution in [0.4, 0.5) is 0 Å². The van der Waals surface area contributed by atoms with Crippen LogP contribution in [0.15, 0.2) is 0 Å². The van der Waals surface area contributed by atoms with E-state index >= 15 is 0 Å². The van der Waals surface area contributed by atoms with Crippen LogP contribution < -0.4 is 11.1 Å². The van der Waals surface area contributed by atoms with Gasteiger partial charge in [0.15, 0.2) is 0 Å². The predicted molar refractivity (Wildman–Crippen MR) is 59.3 cm³/mol. The molecule has 4 heteroatoms. The molecule has 2 heterocycles. The fraction of sp³-hybridized carbons (Fsp3) is 0.909. The van der Waals surface area contributed by atoms with E-state index in [1.807, 2.05) is 6.92 Å². The number of nitrogens with zero attached hydrogens (tertiary/aromatic N) is 1. The summed E-state index contributed by atoms with van der Waals surface area (Å²) in [7, 11) is 0. The molecule has 4 nitrogen and oxygen atoms in total. The molecule has 4 atom stereocenters. The van der Waals surface area contributed by atoms with E-state index in [9.17, 15) is 4.79 Å². The lowest BCUT2D eigenvalue weighted by atomic mass is 9.92. The molecule has 0 spiro atoms. The van der Waals surface area contributed by atoms with E-state index in [2.05, 4.69) is 17.1 Å². The quantitative estimate of drug-likeness (QED) is 0.679. The van der Waals surface area contributed by atoms with Crippen LogP contribution in [0.25, 0.3) is 0 Å². The van der Waals surface area contributed by atoms with Gasteiger partial charge >= 0.3 is 0 Å². The van der Waals surface area contributed by atoms with E-state index in [4.69, 9.17) is 5.73 Å². The Labute approximate surface area is 91.2 Å². The molecule has 0 aromatic heterocycles. The minimum atomic E-state index is -0.193. The number of likely N-dealkylation sites (tertiary alicyclic amines) is 1. The van der Waals surface area contributed by atoms with Crippen LogP contribution in [0.5, 0.6) is 0 Å². The van der Waals surface area contributed by atoms with Gasteiger partial charge in [0.05, 0.1) is 6.04 Å². The fourth-order valence-corrected chi connectivity index (χ4v) is 3.20. The molecule has 3 N–H and O–H groups in total. The number of fused-ring (bicyclic) bond motifs is 1. The third-order valence-corrected chi connectivity index (χ3v) is 4.09. The number of amides is 1. The molecule has 0 aromatic rings. The topological polar surface area (TPSA) is 58.4 Å². The highest BCUT2D eigenvalue weighted by molar-refractivity contribution is 5.79. The minimum absolute atomic E-state index is 0.111. The average Bonchev–Trinajstić information content (AvgIpc) is 2.74. The molecule has 0 radical (unpaired) electrons. The first-order valence-corrected chi connectivity index (χ1v) is 5.91. The van der Waals surface area contributed by atoms with Crippen molar-refractivity contribution in [2.24, 2.45) is 17.6 Å². The van der Waals surface area contributed by atoms with Gasteiger partial charge < -0.3 is 11.1 Å². The van der Waals surface area contributed by atoms with Crippen LogP contribution in [-0.2, 0) is 4.79 Å². The van der Waals surface area contributed by atoms with Crippen molar-refractivity contribution in [2.75, 3.05) is 19.6 Å². The van der Waals surface area contributed by atoms with Gasteiger partial charge in [-0.05, 0) is 38.3 Å². The maximum Gasteiger partial charge on any atom is 0.234 e. The first-order chi connectivity index (χ1) is 7.15. The first-order valence-electron chi connectivity index (χ1n) is 5.91. The highest BCUT2D eigenvalue weighted by Gasteiger charge is 2.45. The van der Waals surface area contributed by atoms with Gasteiger partial charge in [0, 0.05) is 12.6 Å². The molecule has 2 aliphatic heterocycles. The summed E-state index contributed by atoms with van der Waals surface area (Å²) in [5, 5.41) is 3.43. The van der Waals surface area contributed by atoms with Gasteiger partial charge in [0.1, 0.15) is 0 Å². The van der Waals surface area contributed by atoms with Crippen molar-refractivity contribution in [3.05, 3.63) is 0 Å². The molecular formula is C11H21N3O. The van der Waals surface area contributed by atoms with Crippen molar-refractivity contribution >= 4 is 5.91 Å².